The molecule has 146 valence electrons. The van der Waals surface area contributed by atoms with Crippen LogP contribution in [0.3, 0.4) is 0 Å². The van der Waals surface area contributed by atoms with Crippen LogP contribution in [0.1, 0.15) is 45.6 Å². The average molecular weight is 442 g/mol. The zero-order valence-corrected chi connectivity index (χ0v) is 17.9. The van der Waals surface area contributed by atoms with Crippen molar-refractivity contribution >= 4 is 27.5 Å². The van der Waals surface area contributed by atoms with Crippen LogP contribution in [0.25, 0.3) is 16.8 Å². The van der Waals surface area contributed by atoms with Crippen LogP contribution < -0.4 is 5.32 Å². The Kier molecular flexibility index (Phi) is 4.70. The van der Waals surface area contributed by atoms with Crippen LogP contribution in [0.2, 0.25) is 0 Å². The number of hydrogen-bond donors (Lipinski definition) is 1. The van der Waals surface area contributed by atoms with Crippen LogP contribution in [-0.4, -0.2) is 21.3 Å². The number of alkyl carbamates (subject to hydrolysis) is 1. The fraction of sp³-hybridized carbons (Fsp3) is 0.364. The van der Waals surface area contributed by atoms with Gasteiger partial charge in [0.25, 0.3) is 0 Å². The van der Waals surface area contributed by atoms with E-state index in [1.165, 1.54) is 0 Å². The second kappa shape index (κ2) is 6.92. The highest BCUT2D eigenvalue weighted by molar-refractivity contribution is 9.10. The highest BCUT2D eigenvalue weighted by atomic mass is 79.9. The second-order valence-corrected chi connectivity index (χ2v) is 9.13. The summed E-state index contributed by atoms with van der Waals surface area (Å²) < 4.78 is 8.31. The molecule has 1 N–H and O–H groups in total. The predicted octanol–water partition coefficient (Wildman–Crippen LogP) is 5.67. The molecule has 0 radical (unpaired) electrons. The van der Waals surface area contributed by atoms with Crippen LogP contribution in [0.5, 0.6) is 0 Å². The van der Waals surface area contributed by atoms with Gasteiger partial charge in [0.2, 0.25) is 0 Å². The van der Waals surface area contributed by atoms with E-state index in [4.69, 9.17) is 4.74 Å². The first kappa shape index (κ1) is 19.0. The molecule has 1 aliphatic carbocycles. The molecule has 1 fully saturated rings. The zero-order valence-electron chi connectivity index (χ0n) is 16.3. The van der Waals surface area contributed by atoms with Gasteiger partial charge in [-0.2, -0.15) is 5.10 Å². The van der Waals surface area contributed by atoms with E-state index in [1.807, 2.05) is 49.7 Å². The lowest BCUT2D eigenvalue weighted by Gasteiger charge is -2.43. The van der Waals surface area contributed by atoms with Crippen molar-refractivity contribution in [1.82, 2.24) is 14.9 Å². The number of rotatable bonds is 3. The minimum absolute atomic E-state index is 0.336. The lowest BCUT2D eigenvalue weighted by Crippen LogP contribution is -2.52. The molecule has 1 aromatic carbocycles. The molecular formula is C22H24BrN3O2. The van der Waals surface area contributed by atoms with E-state index in [0.29, 0.717) is 0 Å². The van der Waals surface area contributed by atoms with Gasteiger partial charge >= 0.3 is 6.09 Å². The Morgan fingerprint density at radius 1 is 1.18 bits per heavy atom. The molecule has 6 heteroatoms. The van der Waals surface area contributed by atoms with Crippen molar-refractivity contribution in [2.75, 3.05) is 0 Å². The topological polar surface area (TPSA) is 55.6 Å². The highest BCUT2D eigenvalue weighted by Crippen LogP contribution is 2.42. The molecule has 0 bridgehead atoms. The number of ether oxygens (including phenoxy) is 1. The van der Waals surface area contributed by atoms with Crippen molar-refractivity contribution in [2.45, 2.75) is 51.2 Å². The number of halogens is 1. The normalized spacial score (nSPS) is 15.9. The number of aromatic nitrogens is 2. The van der Waals surface area contributed by atoms with Gasteiger partial charge in [-0.25, -0.2) is 9.31 Å². The van der Waals surface area contributed by atoms with Crippen LogP contribution in [0, 0.1) is 0 Å². The molecular weight excluding hydrogens is 418 g/mol. The molecule has 1 aliphatic rings. The number of nitrogens with one attached hydrogen (secondary N) is 1. The Bertz CT molecular complexity index is 1010. The van der Waals surface area contributed by atoms with Gasteiger partial charge in [0, 0.05) is 11.8 Å². The van der Waals surface area contributed by atoms with Crippen LogP contribution >= 0.6 is 15.9 Å². The van der Waals surface area contributed by atoms with Gasteiger partial charge in [0.1, 0.15) is 11.3 Å². The first-order chi connectivity index (χ1) is 13.3. The summed E-state index contributed by atoms with van der Waals surface area (Å²) in [5.41, 5.74) is 3.23. The monoisotopic (exact) mass is 441 g/mol. The molecule has 1 amide bonds. The van der Waals surface area contributed by atoms with E-state index < -0.39 is 5.60 Å². The van der Waals surface area contributed by atoms with Gasteiger partial charge in [-0.3, -0.25) is 0 Å². The number of hydrogen-bond acceptors (Lipinski definition) is 3. The SMILES string of the molecule is CC(C)(C)OC(=O)NC1(c2ccc(-c3nn4ccccc4c3Br)cc2)CCC1. The predicted molar refractivity (Wildman–Crippen MR) is 113 cm³/mol. The summed E-state index contributed by atoms with van der Waals surface area (Å²) >= 11 is 3.68. The number of fused-ring (bicyclic) bond motifs is 1. The summed E-state index contributed by atoms with van der Waals surface area (Å²) in [6, 6.07) is 14.3. The van der Waals surface area contributed by atoms with Crippen molar-refractivity contribution in [3.8, 4) is 11.3 Å². The fourth-order valence-corrected chi connectivity index (χ4v) is 4.24. The smallest absolute Gasteiger partial charge is 0.408 e. The van der Waals surface area contributed by atoms with Crippen LogP contribution in [0.15, 0.2) is 53.1 Å². The quantitative estimate of drug-likeness (QED) is 0.569. The van der Waals surface area contributed by atoms with Crippen LogP contribution in [-0.2, 0) is 10.3 Å². The summed E-state index contributed by atoms with van der Waals surface area (Å²) in [4.78, 5) is 12.3. The number of carbonyl (C=O) groups is 1. The van der Waals surface area contributed by atoms with E-state index >= 15 is 0 Å². The summed E-state index contributed by atoms with van der Waals surface area (Å²) in [5.74, 6) is 0. The number of nitrogens with zero attached hydrogens (tertiary/aromatic N) is 2. The van der Waals surface area contributed by atoms with E-state index in [1.54, 1.807) is 0 Å². The Balaban J connectivity index is 1.59. The molecule has 2 heterocycles. The molecule has 0 unspecified atom stereocenters. The second-order valence-electron chi connectivity index (χ2n) is 8.33. The molecule has 28 heavy (non-hydrogen) atoms. The standard InChI is InChI=1S/C22H24BrN3O2/c1-21(2,3)28-20(27)24-22(12-6-13-22)16-10-8-15(9-11-16)19-18(23)17-7-4-5-14-26(17)25-19/h4-5,7-11,14H,6,12-13H2,1-3H3,(H,24,27). The summed E-state index contributed by atoms with van der Waals surface area (Å²) in [5, 5.41) is 7.78. The van der Waals surface area contributed by atoms with Crippen molar-refractivity contribution in [3.63, 3.8) is 0 Å². The molecule has 0 spiro atoms. The minimum Gasteiger partial charge on any atom is -0.444 e. The lowest BCUT2D eigenvalue weighted by molar-refractivity contribution is 0.0377. The third-order valence-electron chi connectivity index (χ3n) is 5.14. The zero-order chi connectivity index (χ0) is 19.9. The van der Waals surface area contributed by atoms with Gasteiger partial charge in [-0.15, -0.1) is 0 Å². The molecule has 2 aromatic heterocycles. The molecule has 0 saturated heterocycles. The van der Waals surface area contributed by atoms with Gasteiger partial charge in [0.15, 0.2) is 0 Å². The largest absolute Gasteiger partial charge is 0.444 e. The van der Waals surface area contributed by atoms with E-state index in [2.05, 4.69) is 50.6 Å². The van der Waals surface area contributed by atoms with Gasteiger partial charge in [0.05, 0.1) is 15.5 Å². The third kappa shape index (κ3) is 3.53. The van der Waals surface area contributed by atoms with Crippen molar-refractivity contribution in [2.24, 2.45) is 0 Å². The molecule has 3 aromatic rings. The first-order valence-electron chi connectivity index (χ1n) is 9.52. The molecule has 0 aliphatic heterocycles. The highest BCUT2D eigenvalue weighted by Gasteiger charge is 2.41. The number of benzene rings is 1. The maximum Gasteiger partial charge on any atom is 0.408 e. The average Bonchev–Trinajstić information content (AvgIpc) is 2.94. The summed E-state index contributed by atoms with van der Waals surface area (Å²) in [7, 11) is 0. The number of carbonyl (C=O) groups excluding carboxylic acids is 1. The van der Waals surface area contributed by atoms with Gasteiger partial charge in [-0.1, -0.05) is 30.3 Å². The lowest BCUT2D eigenvalue weighted by atomic mass is 9.72. The van der Waals surface area contributed by atoms with Gasteiger partial charge in [-0.05, 0) is 73.7 Å². The Labute approximate surface area is 173 Å². The summed E-state index contributed by atoms with van der Waals surface area (Å²) in [6.45, 7) is 5.63. The fourth-order valence-electron chi connectivity index (χ4n) is 3.62. The third-order valence-corrected chi connectivity index (χ3v) is 5.92. The minimum atomic E-state index is -0.506. The molecule has 0 atom stereocenters. The van der Waals surface area contributed by atoms with Gasteiger partial charge < -0.3 is 10.1 Å². The van der Waals surface area contributed by atoms with Crippen molar-refractivity contribution in [1.29, 1.82) is 0 Å². The maximum absolute atomic E-state index is 12.3. The van der Waals surface area contributed by atoms with E-state index in [0.717, 1.165) is 46.1 Å². The maximum atomic E-state index is 12.3. The summed E-state index contributed by atoms with van der Waals surface area (Å²) in [6.07, 6.45) is 4.51. The van der Waals surface area contributed by atoms with Crippen molar-refractivity contribution < 1.29 is 9.53 Å². The first-order valence-corrected chi connectivity index (χ1v) is 10.3. The number of pyridine rings is 1. The Morgan fingerprint density at radius 2 is 1.89 bits per heavy atom. The molecule has 5 nitrogen and oxygen atoms in total. The number of amides is 1. The molecule has 1 saturated carbocycles. The molecule has 4 rings (SSSR count). The Morgan fingerprint density at radius 3 is 2.46 bits per heavy atom. The van der Waals surface area contributed by atoms with Crippen molar-refractivity contribution in [3.05, 3.63) is 58.7 Å². The van der Waals surface area contributed by atoms with E-state index in [9.17, 15) is 4.79 Å². The Hall–Kier alpha value is -2.34. The van der Waals surface area contributed by atoms with E-state index in [-0.39, 0.29) is 11.6 Å². The van der Waals surface area contributed by atoms with Crippen LogP contribution in [0.4, 0.5) is 4.79 Å².